The van der Waals surface area contributed by atoms with Gasteiger partial charge in [0.1, 0.15) is 11.5 Å². The van der Waals surface area contributed by atoms with Crippen LogP contribution in [0.5, 0.6) is 11.5 Å². The molecule has 0 aliphatic carbocycles. The summed E-state index contributed by atoms with van der Waals surface area (Å²) in [4.78, 5) is 4.36. The SMILES string of the molecule is CCOc1ccc(S(=O)(=O)N(Cc2ccc(OC(F)(F)CC)cc2)Cc2ccccn2)cc1. The molecule has 9 heteroatoms. The van der Waals surface area contributed by atoms with Crippen molar-refractivity contribution >= 4 is 10.0 Å². The van der Waals surface area contributed by atoms with Gasteiger partial charge in [-0.3, -0.25) is 4.98 Å². The zero-order valence-electron chi connectivity index (χ0n) is 18.4. The molecule has 0 aliphatic heterocycles. The second-order valence-corrected chi connectivity index (χ2v) is 9.17. The lowest BCUT2D eigenvalue weighted by Gasteiger charge is -2.23. The number of nitrogens with zero attached hydrogens (tertiary/aromatic N) is 2. The lowest BCUT2D eigenvalue weighted by Crippen LogP contribution is -2.30. The fourth-order valence-electron chi connectivity index (χ4n) is 3.03. The number of halogens is 2. The van der Waals surface area contributed by atoms with Crippen LogP contribution in [0, 0.1) is 0 Å². The first-order valence-electron chi connectivity index (χ1n) is 10.5. The van der Waals surface area contributed by atoms with Crippen molar-refractivity contribution in [1.82, 2.24) is 9.29 Å². The van der Waals surface area contributed by atoms with Crippen LogP contribution in [-0.4, -0.2) is 30.4 Å². The molecule has 1 heterocycles. The highest BCUT2D eigenvalue weighted by Gasteiger charge is 2.29. The van der Waals surface area contributed by atoms with Gasteiger partial charge in [-0.25, -0.2) is 8.42 Å². The number of alkyl halides is 2. The molecule has 0 saturated heterocycles. The molecule has 176 valence electrons. The van der Waals surface area contributed by atoms with Crippen LogP contribution in [-0.2, 0) is 23.1 Å². The van der Waals surface area contributed by atoms with E-state index in [4.69, 9.17) is 4.74 Å². The molecule has 2 aromatic carbocycles. The highest BCUT2D eigenvalue weighted by atomic mass is 32.2. The molecule has 0 N–H and O–H groups in total. The number of benzene rings is 2. The van der Waals surface area contributed by atoms with Gasteiger partial charge in [0.15, 0.2) is 0 Å². The summed E-state index contributed by atoms with van der Waals surface area (Å²) in [6.45, 7) is 3.72. The molecule has 0 bridgehead atoms. The van der Waals surface area contributed by atoms with Crippen molar-refractivity contribution in [2.75, 3.05) is 6.61 Å². The standard InChI is InChI=1S/C24H26F2N2O4S/c1-3-24(25,26)32-22-10-8-19(9-11-22)17-28(18-20-7-5-6-16-27-20)33(29,30)23-14-12-21(13-15-23)31-4-2/h5-16H,3-4,17-18H2,1-2H3. The maximum Gasteiger partial charge on any atom is 0.397 e. The quantitative estimate of drug-likeness (QED) is 0.378. The van der Waals surface area contributed by atoms with Gasteiger partial charge in [0.05, 0.1) is 23.7 Å². The summed E-state index contributed by atoms with van der Waals surface area (Å²) in [7, 11) is -3.89. The van der Waals surface area contributed by atoms with Crippen molar-refractivity contribution in [2.24, 2.45) is 0 Å². The molecule has 0 amide bonds. The van der Waals surface area contributed by atoms with Crippen molar-refractivity contribution in [3.63, 3.8) is 0 Å². The summed E-state index contributed by atoms with van der Waals surface area (Å²) < 4.78 is 65.2. The van der Waals surface area contributed by atoms with Crippen molar-refractivity contribution in [1.29, 1.82) is 0 Å². The second kappa shape index (κ2) is 10.7. The Morgan fingerprint density at radius 3 is 2.15 bits per heavy atom. The first kappa shape index (κ1) is 24.6. The van der Waals surface area contributed by atoms with Gasteiger partial charge < -0.3 is 9.47 Å². The predicted octanol–water partition coefficient (Wildman–Crippen LogP) is 5.25. The third kappa shape index (κ3) is 6.72. The smallest absolute Gasteiger partial charge is 0.397 e. The van der Waals surface area contributed by atoms with E-state index < -0.39 is 22.6 Å². The molecule has 0 fully saturated rings. The average molecular weight is 477 g/mol. The number of hydrogen-bond donors (Lipinski definition) is 0. The minimum absolute atomic E-state index is 0.0104. The van der Waals surface area contributed by atoms with Gasteiger partial charge in [0.25, 0.3) is 0 Å². The summed E-state index contributed by atoms with van der Waals surface area (Å²) in [6, 6.07) is 17.4. The zero-order chi connectivity index (χ0) is 23.9. The number of aromatic nitrogens is 1. The van der Waals surface area contributed by atoms with Gasteiger partial charge in [-0.15, -0.1) is 0 Å². The second-order valence-electron chi connectivity index (χ2n) is 7.24. The van der Waals surface area contributed by atoms with Gasteiger partial charge in [-0.05, 0) is 61.0 Å². The Balaban J connectivity index is 1.86. The van der Waals surface area contributed by atoms with Crippen LogP contribution in [0.3, 0.4) is 0 Å². The van der Waals surface area contributed by atoms with Crippen LogP contribution in [0.25, 0.3) is 0 Å². The van der Waals surface area contributed by atoms with Crippen LogP contribution < -0.4 is 9.47 Å². The van der Waals surface area contributed by atoms with Crippen LogP contribution in [0.1, 0.15) is 31.5 Å². The predicted molar refractivity (Wildman–Crippen MR) is 121 cm³/mol. The van der Waals surface area contributed by atoms with Crippen LogP contribution in [0.2, 0.25) is 0 Å². The van der Waals surface area contributed by atoms with Gasteiger partial charge in [0, 0.05) is 19.2 Å². The Labute approximate surface area is 192 Å². The van der Waals surface area contributed by atoms with Crippen LogP contribution in [0.15, 0.2) is 77.8 Å². The summed E-state index contributed by atoms with van der Waals surface area (Å²) in [5, 5.41) is 0. The highest BCUT2D eigenvalue weighted by molar-refractivity contribution is 7.89. The molecule has 3 rings (SSSR count). The van der Waals surface area contributed by atoms with Gasteiger partial charge in [0.2, 0.25) is 10.0 Å². The van der Waals surface area contributed by atoms with Crippen molar-refractivity contribution in [3.8, 4) is 11.5 Å². The van der Waals surface area contributed by atoms with Crippen LogP contribution >= 0.6 is 0 Å². The summed E-state index contributed by atoms with van der Waals surface area (Å²) >= 11 is 0. The molecule has 0 spiro atoms. The molecule has 0 atom stereocenters. The van der Waals surface area contributed by atoms with E-state index in [1.54, 1.807) is 48.7 Å². The van der Waals surface area contributed by atoms with Gasteiger partial charge in [-0.1, -0.05) is 25.1 Å². The lowest BCUT2D eigenvalue weighted by atomic mass is 10.2. The maximum absolute atomic E-state index is 13.5. The monoisotopic (exact) mass is 476 g/mol. The number of rotatable bonds is 11. The fourth-order valence-corrected chi connectivity index (χ4v) is 4.43. The summed E-state index contributed by atoms with van der Waals surface area (Å²) in [5.74, 6) is 0.587. The maximum atomic E-state index is 13.5. The van der Waals surface area contributed by atoms with E-state index in [9.17, 15) is 17.2 Å². The van der Waals surface area contributed by atoms with E-state index in [1.807, 2.05) is 6.92 Å². The van der Waals surface area contributed by atoms with Gasteiger partial charge >= 0.3 is 6.11 Å². The Hall–Kier alpha value is -3.04. The normalized spacial score (nSPS) is 12.0. The molecule has 0 radical (unpaired) electrons. The van der Waals surface area contributed by atoms with E-state index in [0.29, 0.717) is 23.6 Å². The Kier molecular flexibility index (Phi) is 7.99. The van der Waals surface area contributed by atoms with Crippen molar-refractivity contribution in [3.05, 3.63) is 84.2 Å². The van der Waals surface area contributed by atoms with E-state index in [2.05, 4.69) is 9.72 Å². The van der Waals surface area contributed by atoms with Crippen LogP contribution in [0.4, 0.5) is 8.78 Å². The minimum atomic E-state index is -3.89. The largest absolute Gasteiger partial charge is 0.494 e. The molecular weight excluding hydrogens is 450 g/mol. The van der Waals surface area contributed by atoms with Crippen molar-refractivity contribution < 1.29 is 26.7 Å². The molecule has 3 aromatic rings. The number of sulfonamides is 1. The first-order valence-corrected chi connectivity index (χ1v) is 12.0. The summed E-state index contributed by atoms with van der Waals surface area (Å²) in [5.41, 5.74) is 1.20. The number of hydrogen-bond acceptors (Lipinski definition) is 5. The van der Waals surface area contributed by atoms with Gasteiger partial charge in [-0.2, -0.15) is 13.1 Å². The topological polar surface area (TPSA) is 68.7 Å². The highest BCUT2D eigenvalue weighted by Crippen LogP contribution is 2.26. The van der Waals surface area contributed by atoms with E-state index in [0.717, 1.165) is 0 Å². The van der Waals surface area contributed by atoms with Crippen molar-refractivity contribution in [2.45, 2.75) is 44.4 Å². The number of ether oxygens (including phenoxy) is 2. The first-order chi connectivity index (χ1) is 15.7. The molecular formula is C24H26F2N2O4S. The summed E-state index contributed by atoms with van der Waals surface area (Å²) in [6.07, 6.45) is -2.12. The third-order valence-electron chi connectivity index (χ3n) is 4.80. The fraction of sp³-hybridized carbons (Fsp3) is 0.292. The lowest BCUT2D eigenvalue weighted by molar-refractivity contribution is -0.177. The molecule has 6 nitrogen and oxygen atoms in total. The Bertz CT molecular complexity index is 1120. The Morgan fingerprint density at radius 1 is 0.909 bits per heavy atom. The molecule has 0 aliphatic rings. The molecule has 0 saturated carbocycles. The minimum Gasteiger partial charge on any atom is -0.494 e. The third-order valence-corrected chi connectivity index (χ3v) is 6.60. The van der Waals surface area contributed by atoms with E-state index in [-0.39, 0.29) is 23.7 Å². The molecule has 1 aromatic heterocycles. The molecule has 0 unspecified atom stereocenters. The van der Waals surface area contributed by atoms with E-state index in [1.165, 1.54) is 35.5 Å². The average Bonchev–Trinajstić information content (AvgIpc) is 2.81. The zero-order valence-corrected chi connectivity index (χ0v) is 19.3. The molecule has 33 heavy (non-hydrogen) atoms. The Morgan fingerprint density at radius 2 is 1.58 bits per heavy atom. The number of pyridine rings is 1. The van der Waals surface area contributed by atoms with E-state index >= 15 is 0 Å².